The maximum atomic E-state index is 6.04. The highest BCUT2D eigenvalue weighted by Gasteiger charge is 2.15. The van der Waals surface area contributed by atoms with Gasteiger partial charge in [-0.05, 0) is 143 Å². The standard InChI is InChI=1S/C55H61N13O4/c1-44-10-16-47(17-11-44)68(48-18-12-45(13-19-48)54-43-66(63-59-54)34-4-8-40-71-52-24-22-50(23-25-52)69-38-6-2-32-64-36-30-56-60-64)49-20-14-46(15-21-49)55-42-58-62-67(55)35-5-9-41-72-53-28-26-51(27-29-53)70-39-7-3-33-65-37-31-57-61-65/h10-31,36-37,42-43H,2-9,32-35,38-41H2,1H3. The van der Waals surface area contributed by atoms with Crippen LogP contribution in [0.1, 0.15) is 56.9 Å². The molecule has 370 valence electrons. The van der Waals surface area contributed by atoms with Crippen LogP contribution in [-0.4, -0.2) is 86.4 Å². The topological polar surface area (TPSA) is 163 Å². The molecule has 0 bridgehead atoms. The Hall–Kier alpha value is -8.34. The second-order valence-corrected chi connectivity index (χ2v) is 17.5. The van der Waals surface area contributed by atoms with E-state index in [1.807, 2.05) is 92.0 Å². The second kappa shape index (κ2) is 25.5. The quantitative estimate of drug-likeness (QED) is 0.0408. The summed E-state index contributed by atoms with van der Waals surface area (Å²) in [5, 5.41) is 33.3. The number of unbranched alkanes of at least 4 members (excludes halogenated alkanes) is 4. The maximum Gasteiger partial charge on any atom is 0.119 e. The van der Waals surface area contributed by atoms with Crippen molar-refractivity contribution < 1.29 is 18.9 Å². The number of nitrogens with zero attached hydrogens (tertiary/aromatic N) is 13. The highest BCUT2D eigenvalue weighted by atomic mass is 16.5. The Balaban J connectivity index is 0.715. The third-order valence-corrected chi connectivity index (χ3v) is 12.1. The van der Waals surface area contributed by atoms with Gasteiger partial charge in [0, 0.05) is 66.8 Å². The van der Waals surface area contributed by atoms with E-state index in [1.54, 1.807) is 12.4 Å². The predicted octanol–water partition coefficient (Wildman–Crippen LogP) is 10.6. The average molecular weight is 968 g/mol. The first-order valence-corrected chi connectivity index (χ1v) is 24.9. The van der Waals surface area contributed by atoms with Crippen molar-refractivity contribution in [2.45, 2.75) is 84.5 Å². The van der Waals surface area contributed by atoms with Crippen LogP contribution in [0.4, 0.5) is 17.1 Å². The summed E-state index contributed by atoms with van der Waals surface area (Å²) in [7, 11) is 0. The number of aryl methyl sites for hydroxylation is 5. The molecule has 72 heavy (non-hydrogen) atoms. The van der Waals surface area contributed by atoms with Gasteiger partial charge in [0.15, 0.2) is 0 Å². The van der Waals surface area contributed by atoms with Gasteiger partial charge in [-0.3, -0.25) is 14.0 Å². The zero-order chi connectivity index (χ0) is 49.0. The van der Waals surface area contributed by atoms with E-state index in [4.69, 9.17) is 18.9 Å². The molecule has 0 radical (unpaired) electrons. The molecule has 0 atom stereocenters. The number of hydrogen-bond donors (Lipinski definition) is 0. The monoisotopic (exact) mass is 967 g/mol. The first-order valence-electron chi connectivity index (χ1n) is 24.9. The van der Waals surface area contributed by atoms with Gasteiger partial charge in [-0.25, -0.2) is 4.68 Å². The number of hydrogen-bond acceptors (Lipinski definition) is 13. The number of benzene rings is 5. The second-order valence-electron chi connectivity index (χ2n) is 17.5. The molecule has 0 amide bonds. The minimum absolute atomic E-state index is 0.608. The predicted molar refractivity (Wildman–Crippen MR) is 276 cm³/mol. The smallest absolute Gasteiger partial charge is 0.119 e. The normalized spacial score (nSPS) is 11.2. The number of rotatable bonds is 29. The van der Waals surface area contributed by atoms with Gasteiger partial charge in [-0.1, -0.05) is 62.8 Å². The Morgan fingerprint density at radius 1 is 0.417 bits per heavy atom. The zero-order valence-corrected chi connectivity index (χ0v) is 40.8. The van der Waals surface area contributed by atoms with E-state index in [1.165, 1.54) is 5.56 Å². The van der Waals surface area contributed by atoms with E-state index in [0.717, 1.165) is 140 Å². The van der Waals surface area contributed by atoms with Gasteiger partial charge >= 0.3 is 0 Å². The summed E-state index contributed by atoms with van der Waals surface area (Å²) in [5.41, 5.74) is 8.19. The molecule has 0 N–H and O–H groups in total. The van der Waals surface area contributed by atoms with Gasteiger partial charge in [-0.2, -0.15) is 0 Å². The lowest BCUT2D eigenvalue weighted by atomic mass is 10.1. The maximum absolute atomic E-state index is 6.04. The molecular formula is C55H61N13O4. The molecule has 0 unspecified atom stereocenters. The highest BCUT2D eigenvalue weighted by Crippen LogP contribution is 2.37. The van der Waals surface area contributed by atoms with E-state index >= 15 is 0 Å². The van der Waals surface area contributed by atoms with Crippen molar-refractivity contribution in [1.29, 1.82) is 0 Å². The molecule has 0 aliphatic heterocycles. The summed E-state index contributed by atoms with van der Waals surface area (Å²) < 4.78 is 31.4. The summed E-state index contributed by atoms with van der Waals surface area (Å²) in [4.78, 5) is 2.26. The highest BCUT2D eigenvalue weighted by molar-refractivity contribution is 5.79. The van der Waals surface area contributed by atoms with Crippen molar-refractivity contribution in [2.75, 3.05) is 31.3 Å². The molecule has 4 heterocycles. The van der Waals surface area contributed by atoms with Crippen LogP contribution < -0.4 is 23.8 Å². The minimum atomic E-state index is 0.608. The number of anilines is 3. The zero-order valence-electron chi connectivity index (χ0n) is 40.8. The van der Waals surface area contributed by atoms with Crippen molar-refractivity contribution in [3.63, 3.8) is 0 Å². The first kappa shape index (κ1) is 48.7. The van der Waals surface area contributed by atoms with Crippen LogP contribution in [-0.2, 0) is 26.2 Å². The lowest BCUT2D eigenvalue weighted by Crippen LogP contribution is -2.10. The Morgan fingerprint density at radius 2 is 0.847 bits per heavy atom. The molecule has 9 aromatic rings. The first-order chi connectivity index (χ1) is 35.6. The molecule has 17 heteroatoms. The van der Waals surface area contributed by atoms with Gasteiger partial charge in [0.2, 0.25) is 0 Å². The van der Waals surface area contributed by atoms with Crippen LogP contribution in [0.5, 0.6) is 23.0 Å². The van der Waals surface area contributed by atoms with Crippen LogP contribution in [0.3, 0.4) is 0 Å². The van der Waals surface area contributed by atoms with E-state index < -0.39 is 0 Å². The number of ether oxygens (including phenoxy) is 4. The molecule has 5 aromatic carbocycles. The fraction of sp³-hybridized carbons (Fsp3) is 0.309. The summed E-state index contributed by atoms with van der Waals surface area (Å²) in [6.07, 6.45) is 18.4. The summed E-state index contributed by atoms with van der Waals surface area (Å²) in [6.45, 7) is 7.81. The molecule has 4 aromatic heterocycles. The Morgan fingerprint density at radius 3 is 1.31 bits per heavy atom. The third kappa shape index (κ3) is 14.1. The van der Waals surface area contributed by atoms with Crippen molar-refractivity contribution in [2.24, 2.45) is 0 Å². The number of aromatic nitrogens is 12. The lowest BCUT2D eigenvalue weighted by Gasteiger charge is -2.26. The van der Waals surface area contributed by atoms with Crippen molar-refractivity contribution in [3.8, 4) is 45.5 Å². The van der Waals surface area contributed by atoms with Crippen molar-refractivity contribution in [1.82, 2.24) is 60.0 Å². The molecule has 0 spiro atoms. The molecule has 17 nitrogen and oxygen atoms in total. The van der Waals surface area contributed by atoms with Gasteiger partial charge in [0.25, 0.3) is 0 Å². The molecule has 9 rings (SSSR count). The van der Waals surface area contributed by atoms with Crippen LogP contribution in [0.15, 0.2) is 159 Å². The SMILES string of the molecule is Cc1ccc(N(c2ccc(-c3cn(CCCCOc4ccc(OCCCCn5ccnn5)cc4)nn3)cc2)c2ccc(-c3cnnn3CCCCOc3ccc(OCCCCn4ccnn4)cc3)cc2)cc1. The molecular weight excluding hydrogens is 907 g/mol. The molecule has 0 saturated heterocycles. The summed E-state index contributed by atoms with van der Waals surface area (Å²) >= 11 is 0. The van der Waals surface area contributed by atoms with Gasteiger partial charge in [-0.15, -0.1) is 20.4 Å². The minimum Gasteiger partial charge on any atom is -0.494 e. The molecule has 0 fully saturated rings. The summed E-state index contributed by atoms with van der Waals surface area (Å²) in [6, 6.07) is 41.3. The Bertz CT molecular complexity index is 2920. The largest absolute Gasteiger partial charge is 0.494 e. The van der Waals surface area contributed by atoms with E-state index in [9.17, 15) is 0 Å². The van der Waals surface area contributed by atoms with E-state index in [-0.39, 0.29) is 0 Å². The Kier molecular flexibility index (Phi) is 17.2. The van der Waals surface area contributed by atoms with Crippen molar-refractivity contribution in [3.05, 3.63) is 164 Å². The molecule has 0 aliphatic carbocycles. The van der Waals surface area contributed by atoms with E-state index in [0.29, 0.717) is 26.4 Å². The average Bonchev–Trinajstić information content (AvgIpc) is 4.29. The molecule has 0 aliphatic rings. The van der Waals surface area contributed by atoms with E-state index in [2.05, 4.69) is 126 Å². The fourth-order valence-corrected chi connectivity index (χ4v) is 8.11. The fourth-order valence-electron chi connectivity index (χ4n) is 8.11. The van der Waals surface area contributed by atoms with Crippen LogP contribution in [0.25, 0.3) is 22.5 Å². The van der Waals surface area contributed by atoms with Gasteiger partial charge in [0.1, 0.15) is 28.7 Å². The Labute approximate surface area is 419 Å². The lowest BCUT2D eigenvalue weighted by molar-refractivity contribution is 0.293. The van der Waals surface area contributed by atoms with Crippen LogP contribution in [0.2, 0.25) is 0 Å². The van der Waals surface area contributed by atoms with Gasteiger partial charge < -0.3 is 23.8 Å². The summed E-state index contributed by atoms with van der Waals surface area (Å²) in [5.74, 6) is 3.34. The van der Waals surface area contributed by atoms with Gasteiger partial charge in [0.05, 0.1) is 56.9 Å². The van der Waals surface area contributed by atoms with Crippen molar-refractivity contribution >= 4 is 17.1 Å². The third-order valence-electron chi connectivity index (χ3n) is 12.1. The molecule has 0 saturated carbocycles. The van der Waals surface area contributed by atoms with Crippen LogP contribution in [0, 0.1) is 6.92 Å². The van der Waals surface area contributed by atoms with Crippen LogP contribution >= 0.6 is 0 Å².